The van der Waals surface area contributed by atoms with E-state index in [1.807, 2.05) is 19.1 Å². The lowest BCUT2D eigenvalue weighted by Crippen LogP contribution is -2.34. The first-order chi connectivity index (χ1) is 6.69. The zero-order valence-corrected chi connectivity index (χ0v) is 9.05. The highest BCUT2D eigenvalue weighted by Crippen LogP contribution is 2.22. The molecule has 0 N–H and O–H groups in total. The molecule has 0 bridgehead atoms. The molecule has 1 aliphatic heterocycles. The molecule has 0 spiro atoms. The molecule has 0 aliphatic carbocycles. The molecule has 1 heterocycles. The minimum atomic E-state index is -0.373. The standard InChI is InChI=1S/C11H14ClNO/c1-3-5-10-6-7-13(11(12)14)8-9(10)4-2/h3-5H,1,6-8H2,2H3/b9-4-,10-5-. The van der Waals surface area contributed by atoms with Gasteiger partial charge in [0.2, 0.25) is 0 Å². The Morgan fingerprint density at radius 1 is 1.57 bits per heavy atom. The Morgan fingerprint density at radius 2 is 2.29 bits per heavy atom. The van der Waals surface area contributed by atoms with Gasteiger partial charge in [-0.05, 0) is 36.1 Å². The summed E-state index contributed by atoms with van der Waals surface area (Å²) in [6.07, 6.45) is 6.63. The fraction of sp³-hybridized carbons (Fsp3) is 0.364. The molecule has 76 valence electrons. The van der Waals surface area contributed by atoms with Crippen molar-refractivity contribution in [1.82, 2.24) is 4.90 Å². The summed E-state index contributed by atoms with van der Waals surface area (Å²) < 4.78 is 0. The van der Waals surface area contributed by atoms with Crippen molar-refractivity contribution < 1.29 is 4.79 Å². The van der Waals surface area contributed by atoms with Crippen LogP contribution in [0.2, 0.25) is 0 Å². The number of hydrogen-bond donors (Lipinski definition) is 0. The van der Waals surface area contributed by atoms with Gasteiger partial charge in [0.05, 0.1) is 0 Å². The molecule has 1 aliphatic rings. The smallest absolute Gasteiger partial charge is 0.316 e. The van der Waals surface area contributed by atoms with Crippen LogP contribution in [0.3, 0.4) is 0 Å². The second-order valence-corrected chi connectivity index (χ2v) is 3.49. The number of carbonyl (C=O) groups excluding carboxylic acids is 1. The highest BCUT2D eigenvalue weighted by molar-refractivity contribution is 6.62. The van der Waals surface area contributed by atoms with Crippen molar-refractivity contribution in [3.63, 3.8) is 0 Å². The first-order valence-corrected chi connectivity index (χ1v) is 4.98. The number of halogens is 1. The molecule has 0 aromatic heterocycles. The number of hydrogen-bond acceptors (Lipinski definition) is 1. The number of allylic oxidation sites excluding steroid dienone is 3. The van der Waals surface area contributed by atoms with E-state index in [1.165, 1.54) is 5.57 Å². The second-order valence-electron chi connectivity index (χ2n) is 3.17. The van der Waals surface area contributed by atoms with Gasteiger partial charge >= 0.3 is 5.37 Å². The van der Waals surface area contributed by atoms with Crippen LogP contribution in [-0.2, 0) is 0 Å². The van der Waals surface area contributed by atoms with Crippen LogP contribution < -0.4 is 0 Å². The molecule has 3 heteroatoms. The summed E-state index contributed by atoms with van der Waals surface area (Å²) in [5.74, 6) is 0. The maximum absolute atomic E-state index is 10.9. The van der Waals surface area contributed by atoms with E-state index in [0.717, 1.165) is 12.0 Å². The van der Waals surface area contributed by atoms with Crippen molar-refractivity contribution in [1.29, 1.82) is 0 Å². The van der Waals surface area contributed by atoms with E-state index in [4.69, 9.17) is 11.6 Å². The summed E-state index contributed by atoms with van der Waals surface area (Å²) in [5.41, 5.74) is 2.40. The molecule has 0 atom stereocenters. The third-order valence-electron chi connectivity index (χ3n) is 2.34. The van der Waals surface area contributed by atoms with Crippen LogP contribution in [0, 0.1) is 0 Å². The summed E-state index contributed by atoms with van der Waals surface area (Å²) in [4.78, 5) is 12.6. The average molecular weight is 212 g/mol. The van der Waals surface area contributed by atoms with Crippen LogP contribution in [0.15, 0.2) is 36.0 Å². The Bertz CT molecular complexity index is 304. The highest BCUT2D eigenvalue weighted by atomic mass is 35.5. The summed E-state index contributed by atoms with van der Waals surface area (Å²) in [7, 11) is 0. The van der Waals surface area contributed by atoms with E-state index >= 15 is 0 Å². The molecule has 1 saturated heterocycles. The zero-order chi connectivity index (χ0) is 10.6. The van der Waals surface area contributed by atoms with Gasteiger partial charge in [-0.25, -0.2) is 0 Å². The van der Waals surface area contributed by atoms with Gasteiger partial charge in [-0.2, -0.15) is 0 Å². The van der Waals surface area contributed by atoms with E-state index in [9.17, 15) is 4.79 Å². The number of amides is 1. The summed E-state index contributed by atoms with van der Waals surface area (Å²) >= 11 is 5.42. The van der Waals surface area contributed by atoms with Gasteiger partial charge in [0.25, 0.3) is 0 Å². The van der Waals surface area contributed by atoms with Crippen LogP contribution in [0.5, 0.6) is 0 Å². The lowest BCUT2D eigenvalue weighted by molar-refractivity contribution is 0.224. The SMILES string of the molecule is C=C/C=C1/CCN(C(=O)Cl)C/C1=C/C. The third-order valence-corrected chi connectivity index (χ3v) is 2.58. The largest absolute Gasteiger partial charge is 0.325 e. The maximum Gasteiger partial charge on any atom is 0.316 e. The van der Waals surface area contributed by atoms with Gasteiger partial charge < -0.3 is 4.90 Å². The Morgan fingerprint density at radius 3 is 2.79 bits per heavy atom. The normalized spacial score (nSPS) is 22.9. The van der Waals surface area contributed by atoms with Gasteiger partial charge in [0.1, 0.15) is 0 Å². The molecule has 0 aromatic rings. The van der Waals surface area contributed by atoms with E-state index in [2.05, 4.69) is 6.58 Å². The Kier molecular flexibility index (Phi) is 3.96. The van der Waals surface area contributed by atoms with Gasteiger partial charge in [0.15, 0.2) is 0 Å². The number of carbonyl (C=O) groups is 1. The average Bonchev–Trinajstić information content (AvgIpc) is 2.18. The van der Waals surface area contributed by atoms with Crippen molar-refractivity contribution in [2.24, 2.45) is 0 Å². The molecule has 1 fully saturated rings. The Balaban J connectivity index is 2.79. The zero-order valence-electron chi connectivity index (χ0n) is 8.29. The quantitative estimate of drug-likeness (QED) is 0.482. The Labute approximate surface area is 89.5 Å². The van der Waals surface area contributed by atoms with Crippen molar-refractivity contribution >= 4 is 17.0 Å². The summed E-state index contributed by atoms with van der Waals surface area (Å²) in [6.45, 7) is 6.94. The third kappa shape index (κ3) is 2.48. The number of nitrogens with zero attached hydrogens (tertiary/aromatic N) is 1. The van der Waals surface area contributed by atoms with Crippen LogP contribution in [-0.4, -0.2) is 23.4 Å². The fourth-order valence-corrected chi connectivity index (χ4v) is 1.71. The molecule has 0 radical (unpaired) electrons. The predicted octanol–water partition coefficient (Wildman–Crippen LogP) is 3.11. The monoisotopic (exact) mass is 211 g/mol. The maximum atomic E-state index is 10.9. The van der Waals surface area contributed by atoms with Gasteiger partial charge in [-0.15, -0.1) is 0 Å². The predicted molar refractivity (Wildman–Crippen MR) is 59.5 cm³/mol. The first kappa shape index (κ1) is 11.1. The summed E-state index contributed by atoms with van der Waals surface area (Å²) in [5, 5.41) is -0.373. The number of rotatable bonds is 1. The molecule has 14 heavy (non-hydrogen) atoms. The lowest BCUT2D eigenvalue weighted by atomic mass is 9.97. The van der Waals surface area contributed by atoms with E-state index in [0.29, 0.717) is 13.1 Å². The highest BCUT2D eigenvalue weighted by Gasteiger charge is 2.20. The number of likely N-dealkylation sites (tertiary alicyclic amines) is 1. The van der Waals surface area contributed by atoms with Gasteiger partial charge in [-0.3, -0.25) is 4.79 Å². The van der Waals surface area contributed by atoms with E-state index < -0.39 is 0 Å². The van der Waals surface area contributed by atoms with Crippen molar-refractivity contribution in [3.8, 4) is 0 Å². The Hall–Kier alpha value is -1.02. The second kappa shape index (κ2) is 5.01. The molecule has 2 nitrogen and oxygen atoms in total. The van der Waals surface area contributed by atoms with Crippen LogP contribution in [0.25, 0.3) is 0 Å². The van der Waals surface area contributed by atoms with E-state index in [-0.39, 0.29) is 5.37 Å². The first-order valence-electron chi connectivity index (χ1n) is 4.60. The minimum absolute atomic E-state index is 0.373. The van der Waals surface area contributed by atoms with Crippen molar-refractivity contribution in [2.75, 3.05) is 13.1 Å². The fourth-order valence-electron chi connectivity index (χ4n) is 1.56. The topological polar surface area (TPSA) is 20.3 Å². The molecular weight excluding hydrogens is 198 g/mol. The van der Waals surface area contributed by atoms with Crippen molar-refractivity contribution in [3.05, 3.63) is 36.0 Å². The molecule has 0 unspecified atom stereocenters. The van der Waals surface area contributed by atoms with Crippen LogP contribution in [0.1, 0.15) is 13.3 Å². The molecule has 0 saturated carbocycles. The molecule has 1 rings (SSSR count). The van der Waals surface area contributed by atoms with Crippen molar-refractivity contribution in [2.45, 2.75) is 13.3 Å². The van der Waals surface area contributed by atoms with E-state index in [1.54, 1.807) is 11.0 Å². The molecule has 1 amide bonds. The lowest BCUT2D eigenvalue weighted by Gasteiger charge is -2.28. The minimum Gasteiger partial charge on any atom is -0.325 e. The van der Waals surface area contributed by atoms with Crippen LogP contribution >= 0.6 is 11.6 Å². The molecule has 0 aromatic carbocycles. The molecular formula is C11H14ClNO. The number of piperidine rings is 1. The van der Waals surface area contributed by atoms with Gasteiger partial charge in [0, 0.05) is 13.1 Å². The van der Waals surface area contributed by atoms with Gasteiger partial charge in [-0.1, -0.05) is 24.8 Å². The van der Waals surface area contributed by atoms with Crippen LogP contribution in [0.4, 0.5) is 4.79 Å². The summed E-state index contributed by atoms with van der Waals surface area (Å²) in [6, 6.07) is 0.